The second kappa shape index (κ2) is 4.79. The van der Waals surface area contributed by atoms with E-state index in [2.05, 4.69) is 20.9 Å². The van der Waals surface area contributed by atoms with Gasteiger partial charge in [-0.1, -0.05) is 0 Å². The Morgan fingerprint density at radius 3 is 2.80 bits per heavy atom. The minimum absolute atomic E-state index is 0.0507. The number of rotatable bonds is 2. The summed E-state index contributed by atoms with van der Waals surface area (Å²) in [6.45, 7) is 0. The zero-order valence-electron chi connectivity index (χ0n) is 7.72. The van der Waals surface area contributed by atoms with Crippen LogP contribution in [0.3, 0.4) is 0 Å². The summed E-state index contributed by atoms with van der Waals surface area (Å²) < 4.78 is 2.93. The predicted octanol–water partition coefficient (Wildman–Crippen LogP) is 1.20. The molecule has 0 aliphatic rings. The van der Waals surface area contributed by atoms with Crippen molar-refractivity contribution in [2.75, 3.05) is 0 Å². The second-order valence-electron chi connectivity index (χ2n) is 2.88. The molecule has 4 heteroatoms. The summed E-state index contributed by atoms with van der Waals surface area (Å²) in [5.41, 5.74) is 0. The third-order valence-electron chi connectivity index (χ3n) is 1.77. The molecule has 0 atom stereocenters. The van der Waals surface area contributed by atoms with Gasteiger partial charge in [0.2, 0.25) is 0 Å². The molecular weight excluding hydrogens is 321 g/mol. The van der Waals surface area contributed by atoms with Crippen molar-refractivity contribution >= 4 is 39.9 Å². The van der Waals surface area contributed by atoms with Crippen LogP contribution in [0.15, 0.2) is 47.1 Å². The van der Waals surface area contributed by atoms with Crippen molar-refractivity contribution in [1.82, 2.24) is 4.98 Å². The van der Waals surface area contributed by atoms with Crippen LogP contribution < -0.4 is 9.05 Å². The number of nitrogens with zero attached hydrogens (tertiary/aromatic N) is 1. The van der Waals surface area contributed by atoms with E-state index in [0.717, 1.165) is 13.5 Å². The number of pyridine rings is 1. The first-order valence-corrected chi connectivity index (χ1v) is 6.84. The van der Waals surface area contributed by atoms with Crippen molar-refractivity contribution in [1.29, 1.82) is 0 Å². The van der Waals surface area contributed by atoms with Crippen LogP contribution in [0.5, 0.6) is 5.75 Å². The van der Waals surface area contributed by atoms with Crippen LogP contribution in [0.25, 0.3) is 0 Å². The van der Waals surface area contributed by atoms with Crippen molar-refractivity contribution in [2.45, 2.75) is 0 Å². The molecule has 0 saturated heterocycles. The molecule has 0 aliphatic heterocycles. The summed E-state index contributed by atoms with van der Waals surface area (Å²) in [5.74, 6) is 0.337. The molecule has 0 spiro atoms. The molecule has 0 aliphatic carbocycles. The molecule has 0 radical (unpaired) electrons. The Balaban J connectivity index is 2.28. The first-order chi connectivity index (χ1) is 7.25. The average Bonchev–Trinajstić information content (AvgIpc) is 2.25. The number of phenols is 1. The number of hydrogen-bond acceptors (Lipinski definition) is 2. The second-order valence-corrected chi connectivity index (χ2v) is 6.03. The number of halogens is 1. The summed E-state index contributed by atoms with van der Waals surface area (Å²) in [6, 6.07) is 11.3. The van der Waals surface area contributed by atoms with Crippen LogP contribution in [0, 0.1) is 0 Å². The van der Waals surface area contributed by atoms with Crippen molar-refractivity contribution in [3.05, 3.63) is 47.1 Å². The third-order valence-corrected chi connectivity index (χ3v) is 4.36. The molecule has 2 aromatic rings. The molecule has 0 fully saturated rings. The van der Waals surface area contributed by atoms with E-state index in [0.29, 0.717) is 5.75 Å². The number of hydrogen-bond donors (Lipinski definition) is 1. The fraction of sp³-hybridized carbons (Fsp3) is 0. The van der Waals surface area contributed by atoms with Crippen LogP contribution >= 0.6 is 15.9 Å². The van der Waals surface area contributed by atoms with Crippen LogP contribution in [0.4, 0.5) is 0 Å². The van der Waals surface area contributed by atoms with Gasteiger partial charge in [0, 0.05) is 0 Å². The van der Waals surface area contributed by atoms with Crippen LogP contribution in [-0.2, 0) is 0 Å². The maximum absolute atomic E-state index is 9.66. The zero-order chi connectivity index (χ0) is 10.7. The van der Waals surface area contributed by atoms with E-state index in [1.54, 1.807) is 12.3 Å². The SMILES string of the molecule is Oc1ccc(Br)cc1[Se]c1ccccn1. The molecule has 15 heavy (non-hydrogen) atoms. The van der Waals surface area contributed by atoms with E-state index in [9.17, 15) is 5.11 Å². The first kappa shape index (κ1) is 10.7. The van der Waals surface area contributed by atoms with Gasteiger partial charge in [-0.05, 0) is 0 Å². The Morgan fingerprint density at radius 2 is 2.07 bits per heavy atom. The summed E-state index contributed by atoms with van der Waals surface area (Å²) in [7, 11) is 0. The van der Waals surface area contributed by atoms with E-state index in [-0.39, 0.29) is 15.0 Å². The topological polar surface area (TPSA) is 33.1 Å². The standard InChI is InChI=1S/C11H8BrNOSe/c12-8-4-5-9(14)10(7-8)15-11-3-1-2-6-13-11/h1-7,14H. The minimum atomic E-state index is 0.0507. The third kappa shape index (κ3) is 2.81. The predicted molar refractivity (Wildman–Crippen MR) is 65.1 cm³/mol. The molecular formula is C11H8BrNOSe. The molecule has 1 N–H and O–H groups in total. The Morgan fingerprint density at radius 1 is 1.20 bits per heavy atom. The van der Waals surface area contributed by atoms with Crippen molar-refractivity contribution in [2.24, 2.45) is 0 Å². The van der Waals surface area contributed by atoms with Gasteiger partial charge < -0.3 is 0 Å². The van der Waals surface area contributed by atoms with Gasteiger partial charge in [-0.15, -0.1) is 0 Å². The molecule has 2 rings (SSSR count). The van der Waals surface area contributed by atoms with Crippen molar-refractivity contribution in [3.63, 3.8) is 0 Å². The van der Waals surface area contributed by atoms with Gasteiger partial charge in [-0.25, -0.2) is 0 Å². The van der Waals surface area contributed by atoms with E-state index in [4.69, 9.17) is 0 Å². The van der Waals surface area contributed by atoms with Gasteiger partial charge in [0.05, 0.1) is 0 Å². The van der Waals surface area contributed by atoms with Gasteiger partial charge in [0.25, 0.3) is 0 Å². The molecule has 1 aromatic carbocycles. The summed E-state index contributed by atoms with van der Waals surface area (Å²) in [6.07, 6.45) is 1.77. The van der Waals surface area contributed by atoms with Gasteiger partial charge in [0.15, 0.2) is 0 Å². The first-order valence-electron chi connectivity index (χ1n) is 4.33. The van der Waals surface area contributed by atoms with Gasteiger partial charge in [-0.2, -0.15) is 0 Å². The van der Waals surface area contributed by atoms with Gasteiger partial charge in [0.1, 0.15) is 0 Å². The molecule has 0 saturated carbocycles. The Hall–Kier alpha value is -0.831. The molecule has 0 amide bonds. The number of aromatic hydroxyl groups is 1. The number of phenolic OH excluding ortho intramolecular Hbond substituents is 1. The molecule has 76 valence electrons. The Bertz CT molecular complexity index is 461. The zero-order valence-corrected chi connectivity index (χ0v) is 11.0. The van der Waals surface area contributed by atoms with Gasteiger partial charge >= 0.3 is 103 Å². The number of benzene rings is 1. The monoisotopic (exact) mass is 329 g/mol. The van der Waals surface area contributed by atoms with E-state index in [1.807, 2.05) is 30.3 Å². The summed E-state index contributed by atoms with van der Waals surface area (Å²) in [5, 5.41) is 9.66. The van der Waals surface area contributed by atoms with Crippen LogP contribution in [0.1, 0.15) is 0 Å². The van der Waals surface area contributed by atoms with Gasteiger partial charge in [-0.3, -0.25) is 0 Å². The maximum atomic E-state index is 9.66. The summed E-state index contributed by atoms with van der Waals surface area (Å²) in [4.78, 5) is 4.25. The molecule has 2 nitrogen and oxygen atoms in total. The normalized spacial score (nSPS) is 10.2. The molecule has 1 aromatic heterocycles. The molecule has 0 bridgehead atoms. The van der Waals surface area contributed by atoms with Crippen molar-refractivity contribution < 1.29 is 5.11 Å². The van der Waals surface area contributed by atoms with Crippen LogP contribution in [0.2, 0.25) is 0 Å². The quantitative estimate of drug-likeness (QED) is 0.840. The molecule has 0 unspecified atom stereocenters. The molecule has 1 heterocycles. The number of aromatic nitrogens is 1. The van der Waals surface area contributed by atoms with E-state index in [1.165, 1.54) is 0 Å². The van der Waals surface area contributed by atoms with Crippen molar-refractivity contribution in [3.8, 4) is 5.75 Å². The fourth-order valence-corrected chi connectivity index (χ4v) is 3.56. The average molecular weight is 329 g/mol. The van der Waals surface area contributed by atoms with Crippen LogP contribution in [-0.4, -0.2) is 25.0 Å². The Labute approximate surface area is 103 Å². The Kier molecular flexibility index (Phi) is 3.41. The fourth-order valence-electron chi connectivity index (χ4n) is 1.09. The van der Waals surface area contributed by atoms with E-state index >= 15 is 0 Å². The van der Waals surface area contributed by atoms with E-state index < -0.39 is 0 Å². The summed E-state index contributed by atoms with van der Waals surface area (Å²) >= 11 is 3.44.